The lowest BCUT2D eigenvalue weighted by molar-refractivity contribution is 0.284. The highest BCUT2D eigenvalue weighted by atomic mass is 16.5. The van der Waals surface area contributed by atoms with Gasteiger partial charge in [-0.1, -0.05) is 62.4 Å². The number of benzene rings is 3. The van der Waals surface area contributed by atoms with Gasteiger partial charge in [0.2, 0.25) is 0 Å². The molecule has 0 aliphatic heterocycles. The molecule has 0 saturated heterocycles. The molecule has 0 radical (unpaired) electrons. The van der Waals surface area contributed by atoms with Crippen LogP contribution in [0.4, 0.5) is 5.69 Å². The van der Waals surface area contributed by atoms with Crippen LogP contribution in [0.5, 0.6) is 11.5 Å². The molecular weight excluding hydrogens is 346 g/mol. The first-order valence-corrected chi connectivity index (χ1v) is 9.57. The van der Waals surface area contributed by atoms with Gasteiger partial charge in [-0.15, -0.1) is 0 Å². The second-order valence-electron chi connectivity index (χ2n) is 7.11. The molecule has 0 bridgehead atoms. The van der Waals surface area contributed by atoms with Crippen molar-refractivity contribution in [3.63, 3.8) is 0 Å². The first-order chi connectivity index (χ1) is 13.6. The summed E-state index contributed by atoms with van der Waals surface area (Å²) in [4.78, 5) is 4.79. The minimum absolute atomic E-state index is 0.424. The molecule has 3 aromatic carbocycles. The monoisotopic (exact) mass is 373 g/mol. The summed E-state index contributed by atoms with van der Waals surface area (Å²) in [5.41, 5.74) is 5.56. The van der Waals surface area contributed by atoms with E-state index in [2.05, 4.69) is 39.0 Å². The van der Waals surface area contributed by atoms with Crippen molar-refractivity contribution >= 4 is 11.9 Å². The molecule has 0 unspecified atom stereocenters. The van der Waals surface area contributed by atoms with Gasteiger partial charge in [0, 0.05) is 6.21 Å². The number of methoxy groups -OCH3 is 1. The van der Waals surface area contributed by atoms with Gasteiger partial charge >= 0.3 is 0 Å². The standard InChI is InChI=1S/C25H27NO2/c1-18(2)22-12-8-9-19(3)25(22)26-16-21-13-14-23(27-4)24(15-21)28-17-20-10-6-5-7-11-20/h5-16,18H,17H2,1-4H3. The Morgan fingerprint density at radius 1 is 0.929 bits per heavy atom. The maximum absolute atomic E-state index is 6.01. The molecule has 0 aromatic heterocycles. The fourth-order valence-corrected chi connectivity index (χ4v) is 3.08. The fraction of sp³-hybridized carbons (Fsp3) is 0.240. The molecule has 3 heteroatoms. The van der Waals surface area contributed by atoms with E-state index in [0.29, 0.717) is 24.0 Å². The van der Waals surface area contributed by atoms with Crippen molar-refractivity contribution in [3.8, 4) is 11.5 Å². The van der Waals surface area contributed by atoms with E-state index in [-0.39, 0.29) is 0 Å². The van der Waals surface area contributed by atoms with Gasteiger partial charge < -0.3 is 9.47 Å². The number of hydrogen-bond donors (Lipinski definition) is 0. The second-order valence-corrected chi connectivity index (χ2v) is 7.11. The van der Waals surface area contributed by atoms with Crippen LogP contribution in [-0.4, -0.2) is 13.3 Å². The van der Waals surface area contributed by atoms with Crippen LogP contribution in [0.15, 0.2) is 71.7 Å². The number of nitrogens with zero attached hydrogens (tertiary/aromatic N) is 1. The van der Waals surface area contributed by atoms with E-state index in [1.807, 2.05) is 54.7 Å². The largest absolute Gasteiger partial charge is 0.493 e. The topological polar surface area (TPSA) is 30.8 Å². The molecular formula is C25H27NO2. The quantitative estimate of drug-likeness (QED) is 0.445. The Balaban J connectivity index is 1.84. The molecule has 0 atom stereocenters. The molecule has 0 fully saturated rings. The van der Waals surface area contributed by atoms with Crippen molar-refractivity contribution in [3.05, 3.63) is 89.0 Å². The summed E-state index contributed by atoms with van der Waals surface area (Å²) in [6, 6.07) is 22.3. The van der Waals surface area contributed by atoms with Gasteiger partial charge in [-0.25, -0.2) is 0 Å². The minimum atomic E-state index is 0.424. The lowest BCUT2D eigenvalue weighted by Gasteiger charge is -2.13. The molecule has 3 aromatic rings. The molecule has 0 saturated carbocycles. The van der Waals surface area contributed by atoms with Gasteiger partial charge in [-0.2, -0.15) is 0 Å². The van der Waals surface area contributed by atoms with Gasteiger partial charge in [0.15, 0.2) is 11.5 Å². The zero-order valence-corrected chi connectivity index (χ0v) is 17.0. The lowest BCUT2D eigenvalue weighted by Crippen LogP contribution is -1.98. The first-order valence-electron chi connectivity index (χ1n) is 9.57. The Morgan fingerprint density at radius 2 is 1.71 bits per heavy atom. The highest BCUT2D eigenvalue weighted by molar-refractivity contribution is 5.84. The molecule has 3 nitrogen and oxygen atoms in total. The van der Waals surface area contributed by atoms with Crippen LogP contribution in [-0.2, 0) is 6.61 Å². The molecule has 3 rings (SSSR count). The van der Waals surface area contributed by atoms with E-state index in [9.17, 15) is 0 Å². The number of hydrogen-bond acceptors (Lipinski definition) is 3. The van der Waals surface area contributed by atoms with Gasteiger partial charge in [-0.3, -0.25) is 4.99 Å². The Labute approximate surface area is 167 Å². The van der Waals surface area contributed by atoms with Gasteiger partial charge in [0.05, 0.1) is 12.8 Å². The van der Waals surface area contributed by atoms with Crippen molar-refractivity contribution in [1.29, 1.82) is 0 Å². The summed E-state index contributed by atoms with van der Waals surface area (Å²) in [6.07, 6.45) is 1.89. The highest BCUT2D eigenvalue weighted by Gasteiger charge is 2.09. The lowest BCUT2D eigenvalue weighted by atomic mass is 9.98. The third-order valence-corrected chi connectivity index (χ3v) is 4.66. The van der Waals surface area contributed by atoms with Gasteiger partial charge in [-0.05, 0) is 53.3 Å². The SMILES string of the molecule is COc1ccc(C=Nc2c(C)cccc2C(C)C)cc1OCc1ccccc1. The van der Waals surface area contributed by atoms with E-state index >= 15 is 0 Å². The van der Waals surface area contributed by atoms with Crippen molar-refractivity contribution in [2.24, 2.45) is 4.99 Å². The van der Waals surface area contributed by atoms with Gasteiger partial charge in [0.25, 0.3) is 0 Å². The number of aliphatic imine (C=N–C) groups is 1. The summed E-state index contributed by atoms with van der Waals surface area (Å²) in [7, 11) is 1.65. The zero-order valence-electron chi connectivity index (χ0n) is 17.0. The average Bonchev–Trinajstić information content (AvgIpc) is 2.72. The number of ether oxygens (including phenoxy) is 2. The number of para-hydroxylation sites is 1. The molecule has 0 aliphatic carbocycles. The van der Waals surface area contributed by atoms with Crippen LogP contribution >= 0.6 is 0 Å². The van der Waals surface area contributed by atoms with Crippen molar-refractivity contribution in [1.82, 2.24) is 0 Å². The van der Waals surface area contributed by atoms with E-state index in [0.717, 1.165) is 16.8 Å². The van der Waals surface area contributed by atoms with Crippen LogP contribution < -0.4 is 9.47 Å². The Kier molecular flexibility index (Phi) is 6.49. The molecule has 0 spiro atoms. The summed E-state index contributed by atoms with van der Waals surface area (Å²) >= 11 is 0. The second kappa shape index (κ2) is 9.23. The molecule has 28 heavy (non-hydrogen) atoms. The predicted octanol–water partition coefficient (Wildman–Crippen LogP) is 6.46. The molecule has 144 valence electrons. The van der Waals surface area contributed by atoms with Crippen LogP contribution in [0.1, 0.15) is 42.0 Å². The van der Waals surface area contributed by atoms with Crippen molar-refractivity contribution in [2.45, 2.75) is 33.3 Å². The van der Waals surface area contributed by atoms with Crippen molar-refractivity contribution < 1.29 is 9.47 Å². The summed E-state index contributed by atoms with van der Waals surface area (Å²) in [6.45, 7) is 6.97. The normalized spacial score (nSPS) is 11.2. The highest BCUT2D eigenvalue weighted by Crippen LogP contribution is 2.31. The van der Waals surface area contributed by atoms with E-state index < -0.39 is 0 Å². The van der Waals surface area contributed by atoms with Crippen LogP contribution in [0.25, 0.3) is 0 Å². The van der Waals surface area contributed by atoms with E-state index in [1.54, 1.807) is 7.11 Å². The third-order valence-electron chi connectivity index (χ3n) is 4.66. The van der Waals surface area contributed by atoms with E-state index in [4.69, 9.17) is 14.5 Å². The smallest absolute Gasteiger partial charge is 0.162 e. The average molecular weight is 373 g/mol. The summed E-state index contributed by atoms with van der Waals surface area (Å²) < 4.78 is 11.5. The summed E-state index contributed by atoms with van der Waals surface area (Å²) in [5, 5.41) is 0. The zero-order chi connectivity index (χ0) is 19.9. The fourth-order valence-electron chi connectivity index (χ4n) is 3.08. The van der Waals surface area contributed by atoms with E-state index in [1.165, 1.54) is 11.1 Å². The Morgan fingerprint density at radius 3 is 2.43 bits per heavy atom. The predicted molar refractivity (Wildman–Crippen MR) is 116 cm³/mol. The van der Waals surface area contributed by atoms with Crippen LogP contribution in [0.2, 0.25) is 0 Å². The van der Waals surface area contributed by atoms with Gasteiger partial charge in [0.1, 0.15) is 6.61 Å². The summed E-state index contributed by atoms with van der Waals surface area (Å²) in [5.74, 6) is 1.85. The minimum Gasteiger partial charge on any atom is -0.493 e. The maximum atomic E-state index is 6.01. The molecule has 0 amide bonds. The molecule has 0 aliphatic rings. The van der Waals surface area contributed by atoms with Crippen LogP contribution in [0, 0.1) is 6.92 Å². The third kappa shape index (κ3) is 4.80. The van der Waals surface area contributed by atoms with Crippen LogP contribution in [0.3, 0.4) is 0 Å². The molecule has 0 heterocycles. The van der Waals surface area contributed by atoms with Crippen molar-refractivity contribution in [2.75, 3.05) is 7.11 Å². The first kappa shape index (κ1) is 19.7. The number of aryl methyl sites for hydroxylation is 1. The maximum Gasteiger partial charge on any atom is 0.162 e. The number of rotatable bonds is 7. The molecule has 0 N–H and O–H groups in total. The Bertz CT molecular complexity index is 946. The Hall–Kier alpha value is -3.07.